The number of aromatic nitrogens is 1. The van der Waals surface area contributed by atoms with Gasteiger partial charge in [-0.15, -0.1) is 0 Å². The first kappa shape index (κ1) is 17.8. The standard InChI is InChI=1S/C21H26N4O2/c26-21(19-15-17(9-10-22-19)23-16-5-1-2-6-16)24-18-7-3-4-8-20(18)25-11-13-27-14-12-25/h3-4,7-10,15-16H,1-2,5-6,11-14H2,(H,22,23)(H,24,26). The van der Waals surface area contributed by atoms with Gasteiger partial charge in [-0.25, -0.2) is 0 Å². The van der Waals surface area contributed by atoms with Crippen molar-refractivity contribution in [3.8, 4) is 0 Å². The Morgan fingerprint density at radius 3 is 2.70 bits per heavy atom. The lowest BCUT2D eigenvalue weighted by molar-refractivity contribution is 0.102. The van der Waals surface area contributed by atoms with E-state index in [1.54, 1.807) is 6.20 Å². The number of rotatable bonds is 5. The fourth-order valence-electron chi connectivity index (χ4n) is 3.80. The highest BCUT2D eigenvalue weighted by Gasteiger charge is 2.18. The van der Waals surface area contributed by atoms with Crippen molar-refractivity contribution < 1.29 is 9.53 Å². The predicted molar refractivity (Wildman–Crippen MR) is 108 cm³/mol. The second-order valence-corrected chi connectivity index (χ2v) is 7.13. The normalized spacial score (nSPS) is 17.7. The minimum Gasteiger partial charge on any atom is -0.382 e. The molecule has 2 fully saturated rings. The quantitative estimate of drug-likeness (QED) is 0.847. The van der Waals surface area contributed by atoms with Gasteiger partial charge in [0.05, 0.1) is 24.6 Å². The van der Waals surface area contributed by atoms with Gasteiger partial charge < -0.3 is 20.3 Å². The highest BCUT2D eigenvalue weighted by molar-refractivity contribution is 6.05. The lowest BCUT2D eigenvalue weighted by Crippen LogP contribution is -2.36. The Hall–Kier alpha value is -2.60. The van der Waals surface area contributed by atoms with Crippen molar-refractivity contribution in [2.24, 2.45) is 0 Å². The van der Waals surface area contributed by atoms with Gasteiger partial charge in [0.25, 0.3) is 5.91 Å². The summed E-state index contributed by atoms with van der Waals surface area (Å²) in [6, 6.07) is 12.2. The maximum Gasteiger partial charge on any atom is 0.274 e. The molecule has 1 aliphatic heterocycles. The smallest absolute Gasteiger partial charge is 0.274 e. The minimum atomic E-state index is -0.189. The largest absolute Gasteiger partial charge is 0.382 e. The highest BCUT2D eigenvalue weighted by Crippen LogP contribution is 2.27. The number of nitrogens with one attached hydrogen (secondary N) is 2. The van der Waals surface area contributed by atoms with Gasteiger partial charge in [-0.1, -0.05) is 25.0 Å². The van der Waals surface area contributed by atoms with Crippen LogP contribution < -0.4 is 15.5 Å². The van der Waals surface area contributed by atoms with E-state index in [0.717, 1.165) is 30.2 Å². The number of anilines is 3. The molecule has 0 atom stereocenters. The Labute approximate surface area is 159 Å². The van der Waals surface area contributed by atoms with Crippen molar-refractivity contribution in [1.29, 1.82) is 0 Å². The van der Waals surface area contributed by atoms with Crippen molar-refractivity contribution >= 4 is 23.0 Å². The van der Waals surface area contributed by atoms with Gasteiger partial charge in [0.1, 0.15) is 5.69 Å². The SMILES string of the molecule is O=C(Nc1ccccc1N1CCOCC1)c1cc(NC2CCCC2)ccn1. The summed E-state index contributed by atoms with van der Waals surface area (Å²) in [5.41, 5.74) is 3.22. The van der Waals surface area contributed by atoms with E-state index in [4.69, 9.17) is 4.74 Å². The number of morpholine rings is 1. The summed E-state index contributed by atoms with van der Waals surface area (Å²) in [7, 11) is 0. The van der Waals surface area contributed by atoms with E-state index in [1.165, 1.54) is 25.7 Å². The van der Waals surface area contributed by atoms with E-state index in [1.807, 2.05) is 36.4 Å². The molecule has 142 valence electrons. The van der Waals surface area contributed by atoms with Crippen LogP contribution in [0.15, 0.2) is 42.6 Å². The molecule has 1 amide bonds. The Morgan fingerprint density at radius 1 is 1.11 bits per heavy atom. The number of pyridine rings is 1. The molecule has 27 heavy (non-hydrogen) atoms. The molecule has 2 aromatic rings. The average molecular weight is 366 g/mol. The molecular weight excluding hydrogens is 340 g/mol. The van der Waals surface area contributed by atoms with Gasteiger partial charge in [-0.2, -0.15) is 0 Å². The molecule has 6 heteroatoms. The Kier molecular flexibility index (Phi) is 5.53. The molecule has 1 aliphatic carbocycles. The number of nitrogens with zero attached hydrogens (tertiary/aromatic N) is 2. The lowest BCUT2D eigenvalue weighted by Gasteiger charge is -2.30. The summed E-state index contributed by atoms with van der Waals surface area (Å²) >= 11 is 0. The molecule has 2 aliphatic rings. The predicted octanol–water partition coefficient (Wildman–Crippen LogP) is 3.53. The molecule has 0 spiro atoms. The van der Waals surface area contributed by atoms with E-state index < -0.39 is 0 Å². The van der Waals surface area contributed by atoms with Crippen LogP contribution >= 0.6 is 0 Å². The summed E-state index contributed by atoms with van der Waals surface area (Å²) in [5.74, 6) is -0.189. The van der Waals surface area contributed by atoms with E-state index >= 15 is 0 Å². The van der Waals surface area contributed by atoms with Gasteiger partial charge in [0, 0.05) is 31.0 Å². The van der Waals surface area contributed by atoms with E-state index in [2.05, 4.69) is 20.5 Å². The summed E-state index contributed by atoms with van der Waals surface area (Å²) in [5, 5.41) is 6.55. The molecule has 6 nitrogen and oxygen atoms in total. The zero-order valence-corrected chi connectivity index (χ0v) is 15.5. The Morgan fingerprint density at radius 2 is 1.89 bits per heavy atom. The molecule has 0 bridgehead atoms. The number of para-hydroxylation sites is 2. The number of hydrogen-bond donors (Lipinski definition) is 2. The molecule has 2 N–H and O–H groups in total. The van der Waals surface area contributed by atoms with Gasteiger partial charge in [0.15, 0.2) is 0 Å². The van der Waals surface area contributed by atoms with Crippen LogP contribution in [0.2, 0.25) is 0 Å². The third kappa shape index (κ3) is 4.39. The summed E-state index contributed by atoms with van der Waals surface area (Å²) < 4.78 is 5.43. The van der Waals surface area contributed by atoms with Crippen LogP contribution in [0.4, 0.5) is 17.1 Å². The van der Waals surface area contributed by atoms with Crippen LogP contribution in [0.1, 0.15) is 36.2 Å². The number of benzene rings is 1. The number of carbonyl (C=O) groups excluding carboxylic acids is 1. The topological polar surface area (TPSA) is 66.5 Å². The molecule has 1 aromatic carbocycles. The third-order valence-corrected chi connectivity index (χ3v) is 5.22. The number of amides is 1. The zero-order chi connectivity index (χ0) is 18.5. The van der Waals surface area contributed by atoms with Crippen LogP contribution in [-0.2, 0) is 4.74 Å². The van der Waals surface area contributed by atoms with E-state index in [0.29, 0.717) is 24.9 Å². The molecule has 2 heterocycles. The van der Waals surface area contributed by atoms with Crippen LogP contribution in [0, 0.1) is 0 Å². The first-order valence-corrected chi connectivity index (χ1v) is 9.75. The first-order valence-electron chi connectivity index (χ1n) is 9.75. The Bertz CT molecular complexity index is 783. The fourth-order valence-corrected chi connectivity index (χ4v) is 3.80. The van der Waals surface area contributed by atoms with Crippen LogP contribution in [-0.4, -0.2) is 43.2 Å². The molecule has 1 saturated carbocycles. The molecule has 0 unspecified atom stereocenters. The van der Waals surface area contributed by atoms with E-state index in [-0.39, 0.29) is 5.91 Å². The summed E-state index contributed by atoms with van der Waals surface area (Å²) in [6.45, 7) is 3.06. The van der Waals surface area contributed by atoms with Gasteiger partial charge >= 0.3 is 0 Å². The zero-order valence-electron chi connectivity index (χ0n) is 15.5. The first-order chi connectivity index (χ1) is 13.3. The summed E-state index contributed by atoms with van der Waals surface area (Å²) in [4.78, 5) is 19.3. The van der Waals surface area contributed by atoms with E-state index in [9.17, 15) is 4.79 Å². The minimum absolute atomic E-state index is 0.189. The molecule has 0 radical (unpaired) electrons. The fraction of sp³-hybridized carbons (Fsp3) is 0.429. The number of ether oxygens (including phenoxy) is 1. The van der Waals surface area contributed by atoms with Crippen molar-refractivity contribution in [3.63, 3.8) is 0 Å². The van der Waals surface area contributed by atoms with Crippen LogP contribution in [0.5, 0.6) is 0 Å². The van der Waals surface area contributed by atoms with Crippen LogP contribution in [0.25, 0.3) is 0 Å². The van der Waals surface area contributed by atoms with Crippen molar-refractivity contribution in [2.45, 2.75) is 31.7 Å². The van der Waals surface area contributed by atoms with Crippen molar-refractivity contribution in [2.75, 3.05) is 41.8 Å². The number of carbonyl (C=O) groups is 1. The molecular formula is C21H26N4O2. The van der Waals surface area contributed by atoms with Crippen LogP contribution in [0.3, 0.4) is 0 Å². The molecule has 1 saturated heterocycles. The van der Waals surface area contributed by atoms with Gasteiger partial charge in [0.2, 0.25) is 0 Å². The monoisotopic (exact) mass is 366 g/mol. The van der Waals surface area contributed by atoms with Crippen molar-refractivity contribution in [3.05, 3.63) is 48.3 Å². The lowest BCUT2D eigenvalue weighted by atomic mass is 10.2. The van der Waals surface area contributed by atoms with Crippen molar-refractivity contribution in [1.82, 2.24) is 4.98 Å². The average Bonchev–Trinajstić information content (AvgIpc) is 3.22. The second kappa shape index (κ2) is 8.39. The maximum atomic E-state index is 12.8. The van der Waals surface area contributed by atoms with Gasteiger partial charge in [-0.05, 0) is 37.1 Å². The summed E-state index contributed by atoms with van der Waals surface area (Å²) in [6.07, 6.45) is 6.62. The Balaban J connectivity index is 1.47. The van der Waals surface area contributed by atoms with Gasteiger partial charge in [-0.3, -0.25) is 9.78 Å². The molecule has 1 aromatic heterocycles. The maximum absolute atomic E-state index is 12.8. The second-order valence-electron chi connectivity index (χ2n) is 7.13. The third-order valence-electron chi connectivity index (χ3n) is 5.22. The highest BCUT2D eigenvalue weighted by atomic mass is 16.5. The molecule has 4 rings (SSSR count). The number of hydrogen-bond acceptors (Lipinski definition) is 5.